The molecule has 0 spiro atoms. The Bertz CT molecular complexity index is 347. The number of aryl methyl sites for hydroxylation is 1. The number of hydrogen-bond donors (Lipinski definition) is 0. The normalized spacial score (nSPS) is 8.67. The first-order valence-electron chi connectivity index (χ1n) is 4.79. The highest BCUT2D eigenvalue weighted by Gasteiger charge is 1.90. The number of aromatic nitrogens is 1. The Morgan fingerprint density at radius 2 is 1.60 bits per heavy atom. The molecular weight excluding hydrogens is 186 g/mol. The smallest absolute Gasteiger partial charge is 0.121 e. The van der Waals surface area contributed by atoms with Gasteiger partial charge in [-0.2, -0.15) is 0 Å². The molecule has 78 valence electrons. The number of nitrogens with zero attached hydrogens (tertiary/aromatic N) is 1. The monoisotopic (exact) mass is 201 g/mol. The van der Waals surface area contributed by atoms with E-state index in [2.05, 4.69) is 4.98 Å². The molecule has 0 radical (unpaired) electrons. The van der Waals surface area contributed by atoms with Crippen LogP contribution in [0.4, 0.5) is 0 Å². The van der Waals surface area contributed by atoms with E-state index in [1.165, 1.54) is 5.56 Å². The molecule has 0 aliphatic heterocycles. The van der Waals surface area contributed by atoms with Gasteiger partial charge in [0.25, 0.3) is 0 Å². The van der Waals surface area contributed by atoms with Crippen LogP contribution < -0.4 is 4.74 Å². The van der Waals surface area contributed by atoms with Gasteiger partial charge in [-0.15, -0.1) is 0 Å². The number of methoxy groups -OCH3 is 1. The summed E-state index contributed by atoms with van der Waals surface area (Å²) < 4.78 is 5.04. The van der Waals surface area contributed by atoms with E-state index in [-0.39, 0.29) is 0 Å². The summed E-state index contributed by atoms with van der Waals surface area (Å²) in [6, 6.07) is 13.7. The van der Waals surface area contributed by atoms with Gasteiger partial charge in [0.15, 0.2) is 0 Å². The molecule has 2 rings (SSSR count). The number of ether oxygens (including phenoxy) is 1. The predicted molar refractivity (Wildman–Crippen MR) is 62.0 cm³/mol. The zero-order valence-corrected chi connectivity index (χ0v) is 9.05. The molecule has 2 heteroatoms. The fraction of sp³-hybridized carbons (Fsp3) is 0.154. The van der Waals surface area contributed by atoms with Gasteiger partial charge < -0.3 is 4.74 Å². The van der Waals surface area contributed by atoms with Gasteiger partial charge >= 0.3 is 0 Å². The first-order valence-corrected chi connectivity index (χ1v) is 4.79. The molecule has 15 heavy (non-hydrogen) atoms. The zero-order valence-electron chi connectivity index (χ0n) is 9.05. The van der Waals surface area contributed by atoms with E-state index in [4.69, 9.17) is 4.74 Å². The zero-order chi connectivity index (χ0) is 10.9. The maximum atomic E-state index is 5.04. The third-order valence-electron chi connectivity index (χ3n) is 1.88. The number of rotatable bonds is 1. The minimum absolute atomic E-state index is 0.956. The molecule has 0 saturated heterocycles. The molecular formula is C13H15NO. The lowest BCUT2D eigenvalue weighted by Crippen LogP contribution is -1.84. The lowest BCUT2D eigenvalue weighted by molar-refractivity contribution is 0.411. The first-order chi connectivity index (χ1) is 7.34. The topological polar surface area (TPSA) is 22.1 Å². The molecule has 1 aromatic carbocycles. The van der Waals surface area contributed by atoms with E-state index in [0.717, 1.165) is 5.75 Å². The summed E-state index contributed by atoms with van der Waals surface area (Å²) in [7, 11) is 1.68. The van der Waals surface area contributed by atoms with Gasteiger partial charge in [0, 0.05) is 12.4 Å². The van der Waals surface area contributed by atoms with Gasteiger partial charge in [0.2, 0.25) is 0 Å². The Morgan fingerprint density at radius 3 is 1.93 bits per heavy atom. The van der Waals surface area contributed by atoms with Crippen LogP contribution in [-0.2, 0) is 0 Å². The summed E-state index contributed by atoms with van der Waals surface area (Å²) in [4.78, 5) is 3.78. The van der Waals surface area contributed by atoms with Crippen molar-refractivity contribution in [1.29, 1.82) is 0 Å². The predicted octanol–water partition coefficient (Wildman–Crippen LogP) is 3.09. The standard InChI is InChI=1S/C8H10O.C5H5N/c1-7-5-3-4-6-8(7)9-2;1-2-4-6-5-3-1/h3-6H,1-2H3;1-5H. The highest BCUT2D eigenvalue weighted by molar-refractivity contribution is 5.31. The fourth-order valence-electron chi connectivity index (χ4n) is 1.10. The van der Waals surface area contributed by atoms with Crippen molar-refractivity contribution in [3.05, 3.63) is 60.4 Å². The van der Waals surface area contributed by atoms with Crippen molar-refractivity contribution >= 4 is 0 Å². The fourth-order valence-corrected chi connectivity index (χ4v) is 1.10. The highest BCUT2D eigenvalue weighted by Crippen LogP contribution is 2.14. The second-order valence-electron chi connectivity index (χ2n) is 2.99. The first kappa shape index (κ1) is 11.2. The van der Waals surface area contributed by atoms with Gasteiger partial charge in [-0.25, -0.2) is 0 Å². The van der Waals surface area contributed by atoms with Crippen LogP contribution in [0.25, 0.3) is 0 Å². The van der Waals surface area contributed by atoms with Crippen molar-refractivity contribution in [3.63, 3.8) is 0 Å². The number of hydrogen-bond acceptors (Lipinski definition) is 2. The SMILES string of the molecule is COc1ccccc1C.c1ccncc1. The summed E-state index contributed by atoms with van der Waals surface area (Å²) in [5.74, 6) is 0.956. The van der Waals surface area contributed by atoms with Crippen LogP contribution in [0.15, 0.2) is 54.9 Å². The minimum atomic E-state index is 0.956. The Kier molecular flexibility index (Phi) is 4.95. The average molecular weight is 201 g/mol. The number of pyridine rings is 1. The Morgan fingerprint density at radius 1 is 0.933 bits per heavy atom. The van der Waals surface area contributed by atoms with Gasteiger partial charge in [-0.1, -0.05) is 24.3 Å². The second-order valence-corrected chi connectivity index (χ2v) is 2.99. The summed E-state index contributed by atoms with van der Waals surface area (Å²) in [6.45, 7) is 2.03. The summed E-state index contributed by atoms with van der Waals surface area (Å²) in [5, 5.41) is 0. The molecule has 1 aromatic heterocycles. The van der Waals surface area contributed by atoms with Crippen LogP contribution >= 0.6 is 0 Å². The van der Waals surface area contributed by atoms with E-state index < -0.39 is 0 Å². The van der Waals surface area contributed by atoms with Crippen molar-refractivity contribution in [1.82, 2.24) is 4.98 Å². The highest BCUT2D eigenvalue weighted by atomic mass is 16.5. The summed E-state index contributed by atoms with van der Waals surface area (Å²) in [6.07, 6.45) is 3.50. The quantitative estimate of drug-likeness (QED) is 0.707. The van der Waals surface area contributed by atoms with Crippen molar-refractivity contribution in [3.8, 4) is 5.75 Å². The molecule has 0 aliphatic rings. The van der Waals surface area contributed by atoms with Crippen LogP contribution in [0.2, 0.25) is 0 Å². The molecule has 1 heterocycles. The lowest BCUT2D eigenvalue weighted by Gasteiger charge is -2.00. The van der Waals surface area contributed by atoms with Gasteiger partial charge in [-0.3, -0.25) is 4.98 Å². The average Bonchev–Trinajstić information content (AvgIpc) is 2.33. The van der Waals surface area contributed by atoms with E-state index in [9.17, 15) is 0 Å². The van der Waals surface area contributed by atoms with Crippen molar-refractivity contribution < 1.29 is 4.74 Å². The van der Waals surface area contributed by atoms with Crippen LogP contribution in [0.3, 0.4) is 0 Å². The van der Waals surface area contributed by atoms with Crippen molar-refractivity contribution in [2.24, 2.45) is 0 Å². The maximum absolute atomic E-state index is 5.04. The molecule has 2 aromatic rings. The summed E-state index contributed by atoms with van der Waals surface area (Å²) in [5.41, 5.74) is 1.18. The number of para-hydroxylation sites is 1. The van der Waals surface area contributed by atoms with E-state index in [1.54, 1.807) is 19.5 Å². The Balaban J connectivity index is 0.000000162. The molecule has 0 fully saturated rings. The lowest BCUT2D eigenvalue weighted by atomic mass is 10.2. The largest absolute Gasteiger partial charge is 0.496 e. The maximum Gasteiger partial charge on any atom is 0.121 e. The molecule has 0 N–H and O–H groups in total. The molecule has 0 amide bonds. The van der Waals surface area contributed by atoms with Crippen molar-refractivity contribution in [2.75, 3.05) is 7.11 Å². The minimum Gasteiger partial charge on any atom is -0.496 e. The Labute approximate surface area is 90.6 Å². The molecule has 0 unspecified atom stereocenters. The van der Waals surface area contributed by atoms with Crippen LogP contribution in [0.5, 0.6) is 5.75 Å². The molecule has 0 aliphatic carbocycles. The van der Waals surface area contributed by atoms with Gasteiger partial charge in [0.1, 0.15) is 5.75 Å². The summed E-state index contributed by atoms with van der Waals surface area (Å²) >= 11 is 0. The third kappa shape index (κ3) is 4.27. The molecule has 2 nitrogen and oxygen atoms in total. The van der Waals surface area contributed by atoms with Crippen molar-refractivity contribution in [2.45, 2.75) is 6.92 Å². The van der Waals surface area contributed by atoms with Crippen LogP contribution in [0.1, 0.15) is 5.56 Å². The van der Waals surface area contributed by atoms with Crippen LogP contribution in [0, 0.1) is 6.92 Å². The van der Waals surface area contributed by atoms with E-state index in [0.29, 0.717) is 0 Å². The molecule has 0 bridgehead atoms. The Hall–Kier alpha value is -1.83. The van der Waals surface area contributed by atoms with E-state index in [1.807, 2.05) is 49.4 Å². The third-order valence-corrected chi connectivity index (χ3v) is 1.88. The molecule has 0 saturated carbocycles. The van der Waals surface area contributed by atoms with Crippen LogP contribution in [-0.4, -0.2) is 12.1 Å². The van der Waals surface area contributed by atoms with Gasteiger partial charge in [0.05, 0.1) is 7.11 Å². The van der Waals surface area contributed by atoms with Gasteiger partial charge in [-0.05, 0) is 30.7 Å². The number of benzene rings is 1. The molecule has 0 atom stereocenters. The second kappa shape index (κ2) is 6.60. The van der Waals surface area contributed by atoms with E-state index >= 15 is 0 Å².